The highest BCUT2D eigenvalue weighted by Crippen LogP contribution is 2.27. The van der Waals surface area contributed by atoms with Crippen molar-refractivity contribution in [2.75, 3.05) is 32.7 Å². The molecule has 1 aliphatic heterocycles. The summed E-state index contributed by atoms with van der Waals surface area (Å²) in [6, 6.07) is 0.948. The highest BCUT2D eigenvalue weighted by Gasteiger charge is 2.27. The van der Waals surface area contributed by atoms with Crippen LogP contribution in [0.2, 0.25) is 0 Å². The van der Waals surface area contributed by atoms with Gasteiger partial charge in [-0.2, -0.15) is 0 Å². The van der Waals surface area contributed by atoms with Crippen LogP contribution in [-0.2, 0) is 0 Å². The molecular formula is C15H28N2. The normalized spacial score (nSPS) is 30.4. The van der Waals surface area contributed by atoms with E-state index >= 15 is 0 Å². The highest BCUT2D eigenvalue weighted by molar-refractivity contribution is 4.83. The molecule has 98 valence electrons. The van der Waals surface area contributed by atoms with Crippen molar-refractivity contribution in [1.29, 1.82) is 0 Å². The third-order valence-corrected chi connectivity index (χ3v) is 5.24. The second kappa shape index (κ2) is 5.71. The van der Waals surface area contributed by atoms with Crippen molar-refractivity contribution >= 4 is 0 Å². The van der Waals surface area contributed by atoms with Gasteiger partial charge in [-0.3, -0.25) is 4.90 Å². The minimum absolute atomic E-state index is 0.948. The zero-order chi connectivity index (χ0) is 11.5. The monoisotopic (exact) mass is 236 g/mol. The molecule has 2 nitrogen and oxygen atoms in total. The molecule has 3 aliphatic rings. The molecule has 0 aromatic heterocycles. The lowest BCUT2D eigenvalue weighted by atomic mass is 10.1. The first-order valence-corrected chi connectivity index (χ1v) is 7.88. The second-order valence-electron chi connectivity index (χ2n) is 6.43. The molecule has 0 amide bonds. The van der Waals surface area contributed by atoms with Crippen LogP contribution < -0.4 is 0 Å². The Bertz CT molecular complexity index is 221. The Hall–Kier alpha value is -0.0800. The molecule has 2 saturated carbocycles. The van der Waals surface area contributed by atoms with Gasteiger partial charge in [0.25, 0.3) is 0 Å². The lowest BCUT2D eigenvalue weighted by molar-refractivity contribution is 0.0881. The van der Waals surface area contributed by atoms with Crippen LogP contribution in [0.15, 0.2) is 0 Å². The maximum absolute atomic E-state index is 2.78. The van der Waals surface area contributed by atoms with Crippen LogP contribution in [0.4, 0.5) is 0 Å². The van der Waals surface area contributed by atoms with Gasteiger partial charge >= 0.3 is 0 Å². The molecule has 2 aliphatic carbocycles. The van der Waals surface area contributed by atoms with Crippen molar-refractivity contribution in [3.8, 4) is 0 Å². The van der Waals surface area contributed by atoms with Gasteiger partial charge in [-0.15, -0.1) is 0 Å². The average Bonchev–Trinajstić information content (AvgIpc) is 3.01. The Morgan fingerprint density at radius 1 is 0.706 bits per heavy atom. The van der Waals surface area contributed by atoms with Gasteiger partial charge in [0, 0.05) is 38.8 Å². The summed E-state index contributed by atoms with van der Waals surface area (Å²) in [5.74, 6) is 1.04. The summed E-state index contributed by atoms with van der Waals surface area (Å²) in [6.07, 6.45) is 11.9. The lowest BCUT2D eigenvalue weighted by Crippen LogP contribution is -2.50. The molecule has 0 N–H and O–H groups in total. The zero-order valence-corrected chi connectivity index (χ0v) is 11.2. The van der Waals surface area contributed by atoms with E-state index in [4.69, 9.17) is 0 Å². The molecule has 0 radical (unpaired) electrons. The molecule has 0 atom stereocenters. The van der Waals surface area contributed by atoms with Crippen LogP contribution >= 0.6 is 0 Å². The largest absolute Gasteiger partial charge is 0.301 e. The molecule has 3 fully saturated rings. The molecule has 3 rings (SSSR count). The smallest absolute Gasteiger partial charge is 0.0113 e. The third-order valence-electron chi connectivity index (χ3n) is 5.24. The average molecular weight is 236 g/mol. The van der Waals surface area contributed by atoms with Crippen LogP contribution in [0, 0.1) is 5.92 Å². The van der Waals surface area contributed by atoms with Crippen LogP contribution in [0.5, 0.6) is 0 Å². The summed E-state index contributed by atoms with van der Waals surface area (Å²) in [4.78, 5) is 5.51. The highest BCUT2D eigenvalue weighted by atomic mass is 15.3. The quantitative estimate of drug-likeness (QED) is 0.743. The van der Waals surface area contributed by atoms with Crippen LogP contribution in [0.25, 0.3) is 0 Å². The molecule has 0 bridgehead atoms. The first kappa shape index (κ1) is 12.0. The molecule has 1 saturated heterocycles. The molecule has 1 heterocycles. The molecule has 2 heteroatoms. The molecular weight excluding hydrogens is 208 g/mol. The summed E-state index contributed by atoms with van der Waals surface area (Å²) in [5, 5.41) is 0. The predicted octanol–water partition coefficient (Wildman–Crippen LogP) is 2.74. The number of hydrogen-bond donors (Lipinski definition) is 0. The van der Waals surface area contributed by atoms with Gasteiger partial charge in [0.2, 0.25) is 0 Å². The molecule has 17 heavy (non-hydrogen) atoms. The molecule has 0 aromatic rings. The van der Waals surface area contributed by atoms with Crippen molar-refractivity contribution < 1.29 is 0 Å². The summed E-state index contributed by atoms with van der Waals surface area (Å²) in [7, 11) is 0. The minimum atomic E-state index is 0.948. The van der Waals surface area contributed by atoms with Gasteiger partial charge in [0.15, 0.2) is 0 Å². The topological polar surface area (TPSA) is 6.48 Å². The fourth-order valence-electron chi connectivity index (χ4n) is 4.14. The number of hydrogen-bond acceptors (Lipinski definition) is 2. The minimum Gasteiger partial charge on any atom is -0.301 e. The van der Waals surface area contributed by atoms with E-state index in [-0.39, 0.29) is 0 Å². The van der Waals surface area contributed by atoms with E-state index < -0.39 is 0 Å². The van der Waals surface area contributed by atoms with E-state index in [1.807, 2.05) is 0 Å². The van der Waals surface area contributed by atoms with Gasteiger partial charge in [0.1, 0.15) is 0 Å². The van der Waals surface area contributed by atoms with Crippen molar-refractivity contribution in [3.63, 3.8) is 0 Å². The van der Waals surface area contributed by atoms with Crippen molar-refractivity contribution in [3.05, 3.63) is 0 Å². The van der Waals surface area contributed by atoms with E-state index in [0.29, 0.717) is 0 Å². The molecule has 0 aromatic carbocycles. The van der Waals surface area contributed by atoms with E-state index in [0.717, 1.165) is 12.0 Å². The van der Waals surface area contributed by atoms with Gasteiger partial charge in [-0.1, -0.05) is 25.7 Å². The second-order valence-corrected chi connectivity index (χ2v) is 6.43. The van der Waals surface area contributed by atoms with Gasteiger partial charge < -0.3 is 4.90 Å². The van der Waals surface area contributed by atoms with Gasteiger partial charge in [-0.25, -0.2) is 0 Å². The zero-order valence-electron chi connectivity index (χ0n) is 11.2. The number of piperazine rings is 1. The maximum Gasteiger partial charge on any atom is 0.0113 e. The summed E-state index contributed by atoms with van der Waals surface area (Å²) < 4.78 is 0. The fraction of sp³-hybridized carbons (Fsp3) is 1.00. The van der Waals surface area contributed by atoms with E-state index in [9.17, 15) is 0 Å². The van der Waals surface area contributed by atoms with Gasteiger partial charge in [0.05, 0.1) is 0 Å². The maximum atomic E-state index is 2.78. The van der Waals surface area contributed by atoms with E-state index in [1.54, 1.807) is 0 Å². The van der Waals surface area contributed by atoms with Crippen molar-refractivity contribution in [1.82, 2.24) is 9.80 Å². The van der Waals surface area contributed by atoms with Gasteiger partial charge in [-0.05, 0) is 31.6 Å². The summed E-state index contributed by atoms with van der Waals surface area (Å²) in [6.45, 7) is 6.77. The summed E-state index contributed by atoms with van der Waals surface area (Å²) in [5.41, 5.74) is 0. The first-order chi connectivity index (χ1) is 8.42. The van der Waals surface area contributed by atoms with E-state index in [1.165, 1.54) is 84.1 Å². The lowest BCUT2D eigenvalue weighted by Gasteiger charge is -2.39. The molecule has 0 unspecified atom stereocenters. The number of rotatable bonds is 3. The third kappa shape index (κ3) is 3.03. The van der Waals surface area contributed by atoms with Crippen LogP contribution in [0.3, 0.4) is 0 Å². The van der Waals surface area contributed by atoms with Crippen molar-refractivity contribution in [2.45, 2.75) is 57.4 Å². The summed E-state index contributed by atoms with van der Waals surface area (Å²) >= 11 is 0. The SMILES string of the molecule is C1CCC(CN2CCN(C3CCCC3)CC2)C1. The fourth-order valence-corrected chi connectivity index (χ4v) is 4.14. The predicted molar refractivity (Wildman–Crippen MR) is 72.2 cm³/mol. The van der Waals surface area contributed by atoms with Crippen molar-refractivity contribution in [2.24, 2.45) is 5.92 Å². The Morgan fingerprint density at radius 2 is 1.29 bits per heavy atom. The van der Waals surface area contributed by atoms with Crippen LogP contribution in [-0.4, -0.2) is 48.6 Å². The Kier molecular flexibility index (Phi) is 4.02. The first-order valence-electron chi connectivity index (χ1n) is 7.88. The Balaban J connectivity index is 1.40. The Morgan fingerprint density at radius 3 is 1.94 bits per heavy atom. The number of nitrogens with zero attached hydrogens (tertiary/aromatic N) is 2. The Labute approximate surface area is 106 Å². The molecule has 0 spiro atoms. The van der Waals surface area contributed by atoms with Crippen LogP contribution in [0.1, 0.15) is 51.4 Å². The standard InChI is InChI=1S/C15H28N2/c1-2-6-14(5-1)13-16-9-11-17(12-10-16)15-7-3-4-8-15/h14-15H,1-13H2. The van der Waals surface area contributed by atoms with E-state index in [2.05, 4.69) is 9.80 Å².